The molecule has 130 valence electrons. The second kappa shape index (κ2) is 6.07. The normalized spacial score (nSPS) is 28.3. The minimum Gasteiger partial charge on any atom is -0.378 e. The van der Waals surface area contributed by atoms with Gasteiger partial charge in [-0.05, 0) is 13.3 Å². The summed E-state index contributed by atoms with van der Waals surface area (Å²) in [5.74, 6) is -0.00238. The predicted octanol–water partition coefficient (Wildman–Crippen LogP) is 1.75. The fraction of sp³-hybridized carbons (Fsp3) is 0.750. The van der Waals surface area contributed by atoms with Gasteiger partial charge in [-0.2, -0.15) is 5.10 Å². The van der Waals surface area contributed by atoms with Crippen LogP contribution in [0.15, 0.2) is 0 Å². The summed E-state index contributed by atoms with van der Waals surface area (Å²) in [7, 11) is 3.62. The van der Waals surface area contributed by atoms with Crippen molar-refractivity contribution in [3.63, 3.8) is 0 Å². The van der Waals surface area contributed by atoms with Crippen molar-refractivity contribution in [2.24, 2.45) is 5.41 Å². The van der Waals surface area contributed by atoms with E-state index in [4.69, 9.17) is 4.74 Å². The number of hydrogen-bond donors (Lipinski definition) is 2. The number of methoxy groups -OCH3 is 1. The van der Waals surface area contributed by atoms with Gasteiger partial charge in [-0.3, -0.25) is 9.89 Å². The Balaban J connectivity index is 0.00000192. The van der Waals surface area contributed by atoms with Gasteiger partial charge in [0.05, 0.1) is 5.60 Å². The SMILES string of the molecule is COC1(C)CC(N(C)C(=O)c2n[nH]c3c2CNCC3)C1(C)C.Cl. The fourth-order valence-electron chi connectivity index (χ4n) is 3.79. The lowest BCUT2D eigenvalue weighted by atomic mass is 9.55. The first-order valence-electron chi connectivity index (χ1n) is 7.91. The van der Waals surface area contributed by atoms with E-state index in [-0.39, 0.29) is 35.4 Å². The lowest BCUT2D eigenvalue weighted by Gasteiger charge is -2.61. The van der Waals surface area contributed by atoms with Gasteiger partial charge in [-0.1, -0.05) is 13.8 Å². The van der Waals surface area contributed by atoms with Crippen LogP contribution in [0.1, 0.15) is 48.9 Å². The van der Waals surface area contributed by atoms with Crippen molar-refractivity contribution in [3.8, 4) is 0 Å². The highest BCUT2D eigenvalue weighted by Crippen LogP contribution is 2.53. The number of H-pyrrole nitrogens is 1. The van der Waals surface area contributed by atoms with Crippen molar-refractivity contribution in [1.82, 2.24) is 20.4 Å². The summed E-state index contributed by atoms with van der Waals surface area (Å²) < 4.78 is 5.66. The van der Waals surface area contributed by atoms with Gasteiger partial charge in [0.25, 0.3) is 5.91 Å². The molecule has 2 heterocycles. The molecular formula is C16H27ClN4O2. The molecule has 1 fully saturated rings. The maximum Gasteiger partial charge on any atom is 0.274 e. The summed E-state index contributed by atoms with van der Waals surface area (Å²) >= 11 is 0. The molecule has 3 rings (SSSR count). The van der Waals surface area contributed by atoms with Crippen molar-refractivity contribution in [2.45, 2.75) is 51.8 Å². The van der Waals surface area contributed by atoms with Gasteiger partial charge >= 0.3 is 0 Å². The summed E-state index contributed by atoms with van der Waals surface area (Å²) in [6.45, 7) is 8.08. The van der Waals surface area contributed by atoms with Gasteiger partial charge in [0.15, 0.2) is 5.69 Å². The van der Waals surface area contributed by atoms with Crippen molar-refractivity contribution in [3.05, 3.63) is 17.0 Å². The molecule has 1 aliphatic carbocycles. The highest BCUT2D eigenvalue weighted by atomic mass is 35.5. The Morgan fingerprint density at radius 2 is 2.09 bits per heavy atom. The summed E-state index contributed by atoms with van der Waals surface area (Å²) in [6.07, 6.45) is 1.75. The minimum atomic E-state index is -0.182. The molecule has 23 heavy (non-hydrogen) atoms. The van der Waals surface area contributed by atoms with E-state index in [9.17, 15) is 4.79 Å². The number of amides is 1. The van der Waals surface area contributed by atoms with E-state index in [0.29, 0.717) is 12.2 Å². The number of fused-ring (bicyclic) bond motifs is 1. The van der Waals surface area contributed by atoms with Crippen LogP contribution in [0.3, 0.4) is 0 Å². The van der Waals surface area contributed by atoms with Crippen LogP contribution in [0.4, 0.5) is 0 Å². The van der Waals surface area contributed by atoms with E-state index in [1.54, 1.807) is 7.11 Å². The van der Waals surface area contributed by atoms with Crippen LogP contribution in [0.5, 0.6) is 0 Å². The van der Waals surface area contributed by atoms with Crippen molar-refractivity contribution >= 4 is 18.3 Å². The molecule has 0 spiro atoms. The maximum absolute atomic E-state index is 12.9. The topological polar surface area (TPSA) is 70.2 Å². The summed E-state index contributed by atoms with van der Waals surface area (Å²) in [4.78, 5) is 14.7. The van der Waals surface area contributed by atoms with Crippen molar-refractivity contribution in [2.75, 3.05) is 20.7 Å². The van der Waals surface area contributed by atoms with Gasteiger partial charge in [0, 0.05) is 56.4 Å². The number of carbonyl (C=O) groups is 1. The molecule has 0 bridgehead atoms. The molecule has 1 aliphatic heterocycles. The van der Waals surface area contributed by atoms with Crippen LogP contribution in [0.2, 0.25) is 0 Å². The molecule has 1 aromatic heterocycles. The Labute approximate surface area is 143 Å². The average molecular weight is 343 g/mol. The third kappa shape index (κ3) is 2.57. The highest BCUT2D eigenvalue weighted by Gasteiger charge is 2.60. The number of nitrogens with one attached hydrogen (secondary N) is 2. The Kier molecular flexibility index (Phi) is 4.81. The molecule has 1 saturated carbocycles. The maximum atomic E-state index is 12.9. The van der Waals surface area contributed by atoms with E-state index in [0.717, 1.165) is 30.6 Å². The third-order valence-electron chi connectivity index (χ3n) is 6.03. The first-order valence-corrected chi connectivity index (χ1v) is 7.91. The number of hydrogen-bond acceptors (Lipinski definition) is 4. The number of carbonyl (C=O) groups excluding carboxylic acids is 1. The van der Waals surface area contributed by atoms with Crippen LogP contribution < -0.4 is 5.32 Å². The molecule has 2 atom stereocenters. The van der Waals surface area contributed by atoms with Crippen LogP contribution in [-0.4, -0.2) is 53.3 Å². The number of aromatic amines is 1. The fourth-order valence-corrected chi connectivity index (χ4v) is 3.79. The molecule has 1 amide bonds. The van der Waals surface area contributed by atoms with E-state index in [1.165, 1.54) is 0 Å². The molecule has 0 aromatic carbocycles. The molecule has 7 heteroatoms. The van der Waals surface area contributed by atoms with Gasteiger partial charge < -0.3 is 15.0 Å². The average Bonchev–Trinajstić information content (AvgIpc) is 2.94. The summed E-state index contributed by atoms with van der Waals surface area (Å²) in [6, 6.07) is 0.161. The molecule has 1 aromatic rings. The quantitative estimate of drug-likeness (QED) is 0.878. The first kappa shape index (κ1) is 18.2. The van der Waals surface area contributed by atoms with Crippen LogP contribution >= 0.6 is 12.4 Å². The van der Waals surface area contributed by atoms with Gasteiger partial charge in [-0.15, -0.1) is 12.4 Å². The number of aromatic nitrogens is 2. The number of nitrogens with zero attached hydrogens (tertiary/aromatic N) is 2. The van der Waals surface area contributed by atoms with Crippen LogP contribution in [0.25, 0.3) is 0 Å². The zero-order valence-corrected chi connectivity index (χ0v) is 15.3. The van der Waals surface area contributed by atoms with Gasteiger partial charge in [-0.25, -0.2) is 0 Å². The number of rotatable bonds is 3. The van der Waals surface area contributed by atoms with E-state index in [2.05, 4.69) is 36.3 Å². The molecule has 0 radical (unpaired) electrons. The first-order chi connectivity index (χ1) is 10.3. The van der Waals surface area contributed by atoms with Crippen LogP contribution in [-0.2, 0) is 17.7 Å². The molecule has 0 saturated heterocycles. The van der Waals surface area contributed by atoms with E-state index in [1.807, 2.05) is 11.9 Å². The molecule has 2 unspecified atom stereocenters. The van der Waals surface area contributed by atoms with Crippen molar-refractivity contribution < 1.29 is 9.53 Å². The second-order valence-electron chi connectivity index (χ2n) is 7.25. The Hall–Kier alpha value is -1.11. The number of halogens is 1. The molecule has 2 N–H and O–H groups in total. The summed E-state index contributed by atoms with van der Waals surface area (Å²) in [5, 5.41) is 10.6. The zero-order valence-electron chi connectivity index (χ0n) is 14.5. The standard InChI is InChI=1S/C16H26N4O2.ClH/c1-15(2)12(8-16(15,3)22-5)20(4)14(21)13-10-9-17-7-6-11(10)18-19-13;/h12,17H,6-9H2,1-5H3,(H,18,19);1H. The molecule has 6 nitrogen and oxygen atoms in total. The third-order valence-corrected chi connectivity index (χ3v) is 6.03. The minimum absolute atomic E-state index is 0. The Morgan fingerprint density at radius 1 is 1.39 bits per heavy atom. The van der Waals surface area contributed by atoms with Crippen molar-refractivity contribution in [1.29, 1.82) is 0 Å². The number of ether oxygens (including phenoxy) is 1. The second-order valence-corrected chi connectivity index (χ2v) is 7.25. The lowest BCUT2D eigenvalue weighted by Crippen LogP contribution is -2.68. The molecular weight excluding hydrogens is 316 g/mol. The zero-order chi connectivity index (χ0) is 16.1. The van der Waals surface area contributed by atoms with Gasteiger partial charge in [0.1, 0.15) is 0 Å². The summed E-state index contributed by atoms with van der Waals surface area (Å²) in [5.41, 5.74) is 2.41. The van der Waals surface area contributed by atoms with E-state index >= 15 is 0 Å². The Morgan fingerprint density at radius 3 is 2.70 bits per heavy atom. The Bertz CT molecular complexity index is 601. The monoisotopic (exact) mass is 342 g/mol. The highest BCUT2D eigenvalue weighted by molar-refractivity contribution is 5.94. The van der Waals surface area contributed by atoms with Gasteiger partial charge in [0.2, 0.25) is 0 Å². The molecule has 2 aliphatic rings. The van der Waals surface area contributed by atoms with Crippen LogP contribution in [0, 0.1) is 5.41 Å². The predicted molar refractivity (Wildman–Crippen MR) is 90.9 cm³/mol. The largest absolute Gasteiger partial charge is 0.378 e. The smallest absolute Gasteiger partial charge is 0.274 e. The lowest BCUT2D eigenvalue weighted by molar-refractivity contribution is -0.198. The van der Waals surface area contributed by atoms with E-state index < -0.39 is 0 Å².